The first-order chi connectivity index (χ1) is 15.2. The summed E-state index contributed by atoms with van der Waals surface area (Å²) in [5.41, 5.74) is 3.47. The number of nitrogens with zero attached hydrogens (tertiary/aromatic N) is 2. The quantitative estimate of drug-likeness (QED) is 0.603. The molecule has 0 aromatic heterocycles. The number of anilines is 2. The van der Waals surface area contributed by atoms with Crippen molar-refractivity contribution >= 4 is 29.0 Å². The number of ether oxygens (including phenoxy) is 1. The Morgan fingerprint density at radius 1 is 0.935 bits per heavy atom. The number of benzene rings is 3. The molecule has 3 aromatic rings. The fourth-order valence-electron chi connectivity index (χ4n) is 4.16. The Morgan fingerprint density at radius 2 is 1.68 bits per heavy atom. The number of carbonyl (C=O) groups is 1. The first kappa shape index (κ1) is 20.0. The zero-order valence-electron chi connectivity index (χ0n) is 17.5. The van der Waals surface area contributed by atoms with Crippen LogP contribution in [0, 0.1) is 0 Å². The number of thioether (sulfide) groups is 1. The molecule has 2 aliphatic rings. The molecular formula is C25H25N3O2S. The molecule has 0 aliphatic carbocycles. The summed E-state index contributed by atoms with van der Waals surface area (Å²) < 4.78 is 6.43. The van der Waals surface area contributed by atoms with E-state index in [1.807, 2.05) is 41.3 Å². The summed E-state index contributed by atoms with van der Waals surface area (Å²) in [6.07, 6.45) is 2.06. The van der Waals surface area contributed by atoms with Crippen LogP contribution in [0.3, 0.4) is 0 Å². The molecule has 5 nitrogen and oxygen atoms in total. The number of para-hydroxylation sites is 3. The lowest BCUT2D eigenvalue weighted by Crippen LogP contribution is -2.43. The smallest absolute Gasteiger partial charge is 0.262 e. The summed E-state index contributed by atoms with van der Waals surface area (Å²) >= 11 is 1.71. The van der Waals surface area contributed by atoms with E-state index in [0.717, 1.165) is 43.1 Å². The highest BCUT2D eigenvalue weighted by Crippen LogP contribution is 2.44. The normalized spacial score (nSPS) is 15.7. The fraction of sp³-hybridized carbons (Fsp3) is 0.240. The van der Waals surface area contributed by atoms with Crippen molar-refractivity contribution in [2.45, 2.75) is 11.4 Å². The molecule has 1 amide bonds. The first-order valence-electron chi connectivity index (χ1n) is 10.5. The van der Waals surface area contributed by atoms with Gasteiger partial charge in [0.1, 0.15) is 0 Å². The Hall–Kier alpha value is -2.96. The SMILES string of the molecule is CSc1ccc(CN2C(=O)c3cccc(N4CCNCC4)c3Oc3ccccc32)cc1. The molecule has 1 N–H and O–H groups in total. The molecule has 0 unspecified atom stereocenters. The van der Waals surface area contributed by atoms with Crippen LogP contribution in [-0.4, -0.2) is 38.3 Å². The lowest BCUT2D eigenvalue weighted by Gasteiger charge is -2.31. The average molecular weight is 432 g/mol. The number of carbonyl (C=O) groups excluding carboxylic acids is 1. The number of rotatable bonds is 4. The molecule has 0 saturated carbocycles. The standard InChI is InChI=1S/C25H25N3O2S/c1-31-19-11-9-18(10-12-19)17-28-21-6-2-3-8-23(21)30-24-20(25(28)29)5-4-7-22(24)27-15-13-26-14-16-27/h2-12,26H,13-17H2,1H3. The van der Waals surface area contributed by atoms with Gasteiger partial charge in [-0.3, -0.25) is 4.79 Å². The zero-order valence-corrected chi connectivity index (χ0v) is 18.3. The van der Waals surface area contributed by atoms with Crippen LogP contribution in [-0.2, 0) is 6.54 Å². The van der Waals surface area contributed by atoms with Gasteiger partial charge in [-0.1, -0.05) is 30.3 Å². The van der Waals surface area contributed by atoms with Gasteiger partial charge in [0.25, 0.3) is 5.91 Å². The minimum atomic E-state index is -0.0362. The highest BCUT2D eigenvalue weighted by atomic mass is 32.2. The zero-order chi connectivity index (χ0) is 21.2. The summed E-state index contributed by atoms with van der Waals surface area (Å²) in [6, 6.07) is 22.1. The van der Waals surface area contributed by atoms with Gasteiger partial charge in [0, 0.05) is 31.1 Å². The van der Waals surface area contributed by atoms with E-state index in [2.05, 4.69) is 46.8 Å². The molecular weight excluding hydrogens is 406 g/mol. The largest absolute Gasteiger partial charge is 0.452 e. The lowest BCUT2D eigenvalue weighted by molar-refractivity contribution is 0.0985. The van der Waals surface area contributed by atoms with Crippen LogP contribution < -0.4 is 19.9 Å². The maximum absolute atomic E-state index is 13.8. The van der Waals surface area contributed by atoms with E-state index in [-0.39, 0.29) is 5.91 Å². The van der Waals surface area contributed by atoms with E-state index < -0.39 is 0 Å². The summed E-state index contributed by atoms with van der Waals surface area (Å²) in [5.74, 6) is 1.32. The fourth-order valence-corrected chi connectivity index (χ4v) is 4.57. The third kappa shape index (κ3) is 3.89. The number of nitrogens with one attached hydrogen (secondary N) is 1. The van der Waals surface area contributed by atoms with Crippen molar-refractivity contribution in [2.24, 2.45) is 0 Å². The molecule has 2 aliphatic heterocycles. The molecule has 0 bridgehead atoms. The van der Waals surface area contributed by atoms with E-state index in [1.54, 1.807) is 11.8 Å². The van der Waals surface area contributed by atoms with Crippen molar-refractivity contribution < 1.29 is 9.53 Å². The lowest BCUT2D eigenvalue weighted by atomic mass is 10.1. The molecule has 2 heterocycles. The predicted octanol–water partition coefficient (Wildman–Crippen LogP) is 4.77. The Bertz CT molecular complexity index is 1090. The minimum Gasteiger partial charge on any atom is -0.452 e. The molecule has 31 heavy (non-hydrogen) atoms. The van der Waals surface area contributed by atoms with Gasteiger partial charge in [-0.2, -0.15) is 0 Å². The van der Waals surface area contributed by atoms with Gasteiger partial charge in [-0.25, -0.2) is 0 Å². The Labute approximate surface area is 187 Å². The van der Waals surface area contributed by atoms with Gasteiger partial charge in [0.05, 0.1) is 23.5 Å². The molecule has 6 heteroatoms. The Morgan fingerprint density at radius 3 is 2.45 bits per heavy atom. The van der Waals surface area contributed by atoms with Crippen molar-refractivity contribution in [2.75, 3.05) is 42.2 Å². The average Bonchev–Trinajstić information content (AvgIpc) is 2.95. The summed E-state index contributed by atoms with van der Waals surface area (Å²) in [4.78, 5) is 19.1. The van der Waals surface area contributed by atoms with E-state index in [4.69, 9.17) is 4.74 Å². The van der Waals surface area contributed by atoms with E-state index in [1.165, 1.54) is 4.90 Å². The van der Waals surface area contributed by atoms with Crippen molar-refractivity contribution in [3.8, 4) is 11.5 Å². The molecule has 158 valence electrons. The van der Waals surface area contributed by atoms with Crippen LogP contribution in [0.15, 0.2) is 71.6 Å². The predicted molar refractivity (Wildman–Crippen MR) is 127 cm³/mol. The molecule has 3 aromatic carbocycles. The van der Waals surface area contributed by atoms with Crippen LogP contribution in [0.5, 0.6) is 11.5 Å². The molecule has 1 fully saturated rings. The van der Waals surface area contributed by atoms with Crippen molar-refractivity contribution in [1.29, 1.82) is 0 Å². The second-order valence-electron chi connectivity index (χ2n) is 7.70. The highest BCUT2D eigenvalue weighted by molar-refractivity contribution is 7.98. The number of amides is 1. The Kier molecular flexibility index (Phi) is 5.57. The molecule has 0 atom stereocenters. The van der Waals surface area contributed by atoms with Crippen LogP contribution in [0.1, 0.15) is 15.9 Å². The monoisotopic (exact) mass is 431 g/mol. The summed E-state index contributed by atoms with van der Waals surface area (Å²) in [6.45, 7) is 4.12. The van der Waals surface area contributed by atoms with Gasteiger partial charge >= 0.3 is 0 Å². The van der Waals surface area contributed by atoms with Crippen LogP contribution in [0.4, 0.5) is 11.4 Å². The van der Waals surface area contributed by atoms with E-state index in [0.29, 0.717) is 23.6 Å². The van der Waals surface area contributed by atoms with Gasteiger partial charge in [-0.05, 0) is 48.2 Å². The van der Waals surface area contributed by atoms with Crippen LogP contribution >= 0.6 is 11.8 Å². The van der Waals surface area contributed by atoms with Crippen molar-refractivity contribution in [3.05, 3.63) is 77.9 Å². The molecule has 0 spiro atoms. The highest BCUT2D eigenvalue weighted by Gasteiger charge is 2.31. The Balaban J connectivity index is 1.57. The summed E-state index contributed by atoms with van der Waals surface area (Å²) in [5, 5.41) is 3.38. The van der Waals surface area contributed by atoms with E-state index in [9.17, 15) is 4.79 Å². The van der Waals surface area contributed by atoms with Gasteiger partial charge in [0.2, 0.25) is 0 Å². The third-order valence-electron chi connectivity index (χ3n) is 5.80. The second kappa shape index (κ2) is 8.65. The van der Waals surface area contributed by atoms with Gasteiger partial charge < -0.3 is 19.9 Å². The van der Waals surface area contributed by atoms with Gasteiger partial charge in [0.15, 0.2) is 11.5 Å². The number of piperazine rings is 1. The number of hydrogen-bond acceptors (Lipinski definition) is 5. The van der Waals surface area contributed by atoms with Crippen LogP contribution in [0.2, 0.25) is 0 Å². The van der Waals surface area contributed by atoms with E-state index >= 15 is 0 Å². The van der Waals surface area contributed by atoms with Crippen molar-refractivity contribution in [3.63, 3.8) is 0 Å². The van der Waals surface area contributed by atoms with Gasteiger partial charge in [-0.15, -0.1) is 11.8 Å². The molecule has 5 rings (SSSR count). The first-order valence-corrected chi connectivity index (χ1v) is 11.8. The third-order valence-corrected chi connectivity index (χ3v) is 6.54. The maximum Gasteiger partial charge on any atom is 0.262 e. The molecule has 0 radical (unpaired) electrons. The molecule has 1 saturated heterocycles. The summed E-state index contributed by atoms with van der Waals surface area (Å²) in [7, 11) is 0. The number of hydrogen-bond donors (Lipinski definition) is 1. The maximum atomic E-state index is 13.8. The topological polar surface area (TPSA) is 44.8 Å². The number of fused-ring (bicyclic) bond motifs is 2. The van der Waals surface area contributed by atoms with Crippen LogP contribution in [0.25, 0.3) is 0 Å². The minimum absolute atomic E-state index is 0.0362. The second-order valence-corrected chi connectivity index (χ2v) is 8.58. The van der Waals surface area contributed by atoms with Crippen molar-refractivity contribution in [1.82, 2.24) is 5.32 Å².